The molecule has 5 heterocycles. The molecule has 2 aliphatic rings. The summed E-state index contributed by atoms with van der Waals surface area (Å²) in [6.45, 7) is -1.80. The zero-order valence-corrected chi connectivity index (χ0v) is 30.0. The summed E-state index contributed by atoms with van der Waals surface area (Å²) in [5, 5.41) is 41.6. The van der Waals surface area contributed by atoms with Crippen molar-refractivity contribution in [3.63, 3.8) is 0 Å². The summed E-state index contributed by atoms with van der Waals surface area (Å²) in [6.07, 6.45) is -6.85. The predicted octanol–water partition coefficient (Wildman–Crippen LogP) is -8.78. The third-order valence-electron chi connectivity index (χ3n) is 6.75. The fourth-order valence-corrected chi connectivity index (χ4v) is 6.67. The van der Waals surface area contributed by atoms with E-state index in [4.69, 9.17) is 25.5 Å². The largest absolute Gasteiger partial charge is 1.00 e. The number of anilines is 1. The Kier molecular flexibility index (Phi) is 13.4. The maximum absolute atomic E-state index is 12.4. The summed E-state index contributed by atoms with van der Waals surface area (Å²) in [5.74, 6) is -0.714. The first-order valence-electron chi connectivity index (χ1n) is 12.6. The van der Waals surface area contributed by atoms with Crippen LogP contribution in [0.25, 0.3) is 11.2 Å². The van der Waals surface area contributed by atoms with E-state index in [9.17, 15) is 44.1 Å². The molecule has 25 heteroatoms. The average Bonchev–Trinajstić information content (AvgIpc) is 3.61. The molecule has 3 aromatic heterocycles. The number of aromatic nitrogens is 5. The van der Waals surface area contributed by atoms with Gasteiger partial charge in [-0.1, -0.05) is 0 Å². The van der Waals surface area contributed by atoms with Gasteiger partial charge in [0.1, 0.15) is 47.9 Å². The van der Waals surface area contributed by atoms with Crippen LogP contribution in [0.5, 0.6) is 0 Å². The van der Waals surface area contributed by atoms with E-state index in [1.165, 1.54) is 40.0 Å². The standard InChI is InChI=1S/C21H27N7O14P2.2Na.2H/c22-17-12-19(25-7-24-17)28(8-26-12)21-16(32)14(30)11(41-21)6-39-44(36,37)42-43(34,35)38-5-10-13(29)15(31)20(40-10)27-3-1-2-9(4-27)18(23)33;;;;/h1-4,7-8,10-11,13-16,20-21,29-32H,5-6H2,(H5-,22,23,24,25,33,34,35,36,37);;;;/q;2*+1;2*-1/p+1/t10-,11-,13-,14-,15-,16-,20-,21-;;;;/m1..../s1. The van der Waals surface area contributed by atoms with Gasteiger partial charge in [-0.05, 0) is 6.07 Å². The molecular formula is C21H30N7Na2O14P2+. The van der Waals surface area contributed by atoms with Gasteiger partial charge in [-0.15, -0.1) is 0 Å². The first-order chi connectivity index (χ1) is 20.7. The molecule has 1 amide bonds. The van der Waals surface area contributed by atoms with Gasteiger partial charge < -0.3 is 54.0 Å². The van der Waals surface area contributed by atoms with Crippen LogP contribution in [-0.4, -0.2) is 105 Å². The van der Waals surface area contributed by atoms with Crippen LogP contribution in [0.1, 0.15) is 25.7 Å². The molecule has 21 nitrogen and oxygen atoms in total. The minimum absolute atomic E-state index is 0. The molecule has 0 radical (unpaired) electrons. The summed E-state index contributed by atoms with van der Waals surface area (Å²) in [5.41, 5.74) is 11.4. The maximum Gasteiger partial charge on any atom is 1.00 e. The van der Waals surface area contributed by atoms with Crippen molar-refractivity contribution in [2.45, 2.75) is 49.1 Å². The molecule has 2 unspecified atom stereocenters. The molecule has 10 atom stereocenters. The predicted molar refractivity (Wildman–Crippen MR) is 142 cm³/mol. The van der Waals surface area contributed by atoms with E-state index >= 15 is 0 Å². The Morgan fingerprint density at radius 2 is 1.59 bits per heavy atom. The van der Waals surface area contributed by atoms with Gasteiger partial charge in [-0.3, -0.25) is 18.4 Å². The first-order valence-corrected chi connectivity index (χ1v) is 15.6. The average molecular weight is 712 g/mol. The smallest absolute Gasteiger partial charge is 1.00 e. The van der Waals surface area contributed by atoms with Crippen molar-refractivity contribution >= 4 is 38.5 Å². The Morgan fingerprint density at radius 3 is 2.22 bits per heavy atom. The van der Waals surface area contributed by atoms with Gasteiger partial charge in [0.2, 0.25) is 0 Å². The van der Waals surface area contributed by atoms with Crippen LogP contribution in [0, 0.1) is 0 Å². The van der Waals surface area contributed by atoms with Gasteiger partial charge in [-0.25, -0.2) is 24.1 Å². The number of phosphoric ester groups is 2. The van der Waals surface area contributed by atoms with E-state index in [0.717, 1.165) is 6.33 Å². The summed E-state index contributed by atoms with van der Waals surface area (Å²) in [6, 6.07) is 2.83. The molecule has 2 fully saturated rings. The molecule has 2 saturated heterocycles. The van der Waals surface area contributed by atoms with Crippen LogP contribution in [0.4, 0.5) is 5.82 Å². The van der Waals surface area contributed by atoms with Crippen LogP contribution < -0.4 is 75.1 Å². The van der Waals surface area contributed by atoms with Crippen LogP contribution >= 0.6 is 15.6 Å². The van der Waals surface area contributed by atoms with Gasteiger partial charge >= 0.3 is 74.8 Å². The maximum atomic E-state index is 12.4. The molecular weight excluding hydrogens is 682 g/mol. The van der Waals surface area contributed by atoms with E-state index in [-0.39, 0.29) is 84.5 Å². The summed E-state index contributed by atoms with van der Waals surface area (Å²) in [7, 11) is -10.7. The Bertz CT molecular complexity index is 1650. The number of carbonyl (C=O) groups is 1. The van der Waals surface area contributed by atoms with Crippen molar-refractivity contribution in [2.24, 2.45) is 5.73 Å². The SMILES string of the molecule is NC(=O)c1ccc[n+]([C@@H]2O[C@H](COP(=O)(O)OP(=O)(O)OC[C@H]3O[C@@H](n4cnc5c(N)ncnc54)[C@H](O)[C@@H]3O)[C@@H](O)[C@H]2O)c1.[H-].[H-].[Na+].[Na+]. The number of hydrogen-bond donors (Lipinski definition) is 8. The zero-order chi connectivity index (χ0) is 32.0. The first kappa shape index (κ1) is 39.4. The van der Waals surface area contributed by atoms with Crippen molar-refractivity contribution in [3.8, 4) is 0 Å². The van der Waals surface area contributed by atoms with E-state index in [1.54, 1.807) is 0 Å². The molecule has 0 saturated carbocycles. The van der Waals surface area contributed by atoms with Gasteiger partial charge in [0.25, 0.3) is 12.1 Å². The number of primary amides is 1. The molecule has 0 aromatic carbocycles. The number of imidazole rings is 1. The fraction of sp³-hybridized carbons (Fsp3) is 0.476. The van der Waals surface area contributed by atoms with E-state index in [0.29, 0.717) is 0 Å². The third kappa shape index (κ3) is 8.58. The number of nitrogens with zero attached hydrogens (tertiary/aromatic N) is 5. The molecule has 46 heavy (non-hydrogen) atoms. The summed E-state index contributed by atoms with van der Waals surface area (Å²) < 4.78 is 52.0. The third-order valence-corrected chi connectivity index (χ3v) is 9.35. The quantitative estimate of drug-likeness (QED) is 0.0520. The minimum atomic E-state index is -5.37. The molecule has 5 rings (SSSR count). The molecule has 0 spiro atoms. The number of rotatable bonds is 11. The Morgan fingerprint density at radius 1 is 0.978 bits per heavy atom. The Hall–Kier alpha value is -1.01. The number of nitrogens with two attached hydrogens (primary N) is 2. The van der Waals surface area contributed by atoms with Gasteiger partial charge in [0, 0.05) is 6.07 Å². The second-order valence-corrected chi connectivity index (χ2v) is 12.7. The van der Waals surface area contributed by atoms with Crippen molar-refractivity contribution < 1.29 is 134 Å². The summed E-state index contributed by atoms with van der Waals surface area (Å²) in [4.78, 5) is 43.3. The van der Waals surface area contributed by atoms with Gasteiger partial charge in [-0.2, -0.15) is 8.88 Å². The van der Waals surface area contributed by atoms with Gasteiger partial charge in [0.05, 0.1) is 19.5 Å². The molecule has 244 valence electrons. The molecule has 0 aliphatic carbocycles. The number of amides is 1. The van der Waals surface area contributed by atoms with Crippen molar-refractivity contribution in [2.75, 3.05) is 18.9 Å². The van der Waals surface area contributed by atoms with E-state index in [2.05, 4.69) is 23.8 Å². The number of phosphoric acid groups is 2. The van der Waals surface area contributed by atoms with Crippen LogP contribution in [0.3, 0.4) is 0 Å². The zero-order valence-electron chi connectivity index (χ0n) is 26.2. The van der Waals surface area contributed by atoms with Crippen molar-refractivity contribution in [1.29, 1.82) is 0 Å². The Labute approximate surface area is 306 Å². The van der Waals surface area contributed by atoms with Gasteiger partial charge in [0.15, 0.2) is 36.2 Å². The normalized spacial score (nSPS) is 30.2. The molecule has 0 bridgehead atoms. The number of nitrogen functional groups attached to an aromatic ring is 1. The topological polar surface area (TPSA) is 318 Å². The fourth-order valence-electron chi connectivity index (χ4n) is 4.58. The number of aliphatic hydroxyl groups excluding tert-OH is 4. The molecule has 3 aromatic rings. The monoisotopic (exact) mass is 712 g/mol. The number of pyridine rings is 1. The minimum Gasteiger partial charge on any atom is -1.00 e. The van der Waals surface area contributed by atoms with Crippen molar-refractivity contribution in [1.82, 2.24) is 19.5 Å². The number of aliphatic hydroxyl groups is 4. The van der Waals surface area contributed by atoms with E-state index < -0.39 is 83.8 Å². The van der Waals surface area contributed by atoms with Crippen LogP contribution in [-0.2, 0) is 32.0 Å². The van der Waals surface area contributed by atoms with Crippen LogP contribution in [0.15, 0.2) is 37.2 Å². The molecule has 10 N–H and O–H groups in total. The number of ether oxygens (including phenoxy) is 2. The number of hydrogen-bond acceptors (Lipinski definition) is 16. The second kappa shape index (κ2) is 15.7. The van der Waals surface area contributed by atoms with E-state index in [1.807, 2.05) is 0 Å². The second-order valence-electron chi connectivity index (χ2n) is 9.69. The van der Waals surface area contributed by atoms with Crippen LogP contribution in [0.2, 0.25) is 0 Å². The number of fused-ring (bicyclic) bond motifs is 1. The summed E-state index contributed by atoms with van der Waals surface area (Å²) >= 11 is 0. The Balaban J connectivity index is 0.00000288. The molecule has 2 aliphatic heterocycles. The van der Waals surface area contributed by atoms with Crippen molar-refractivity contribution in [3.05, 3.63) is 42.7 Å². The number of carbonyl (C=O) groups excluding carboxylic acids is 1.